The van der Waals surface area contributed by atoms with Crippen LogP contribution in [-0.2, 0) is 9.59 Å². The average Bonchev–Trinajstić information content (AvgIpc) is 2.42. The van der Waals surface area contributed by atoms with Crippen LogP contribution in [0.2, 0.25) is 10.0 Å². The van der Waals surface area contributed by atoms with Crippen molar-refractivity contribution >= 4 is 46.4 Å². The Kier molecular flexibility index (Phi) is 5.35. The molecule has 0 radical (unpaired) electrons. The number of carbonyl (C=O) groups excluding carboxylic acids is 2. The molecule has 0 spiro atoms. The maximum atomic E-state index is 13.0. The van der Waals surface area contributed by atoms with Crippen molar-refractivity contribution < 1.29 is 14.0 Å². The van der Waals surface area contributed by atoms with Crippen LogP contribution in [0.4, 0.5) is 15.8 Å². The zero-order valence-electron chi connectivity index (χ0n) is 11.2. The summed E-state index contributed by atoms with van der Waals surface area (Å²) in [6.45, 7) is 0. The fourth-order valence-electron chi connectivity index (χ4n) is 1.70. The summed E-state index contributed by atoms with van der Waals surface area (Å²) in [5.74, 6) is -1.60. The topological polar surface area (TPSA) is 58.2 Å². The molecule has 2 rings (SSSR count). The molecular formula is C15H11Cl2FN2O2. The van der Waals surface area contributed by atoms with E-state index in [0.29, 0.717) is 15.7 Å². The Balaban J connectivity index is 1.94. The second kappa shape index (κ2) is 7.24. The van der Waals surface area contributed by atoms with Gasteiger partial charge >= 0.3 is 0 Å². The van der Waals surface area contributed by atoms with E-state index in [4.69, 9.17) is 23.2 Å². The van der Waals surface area contributed by atoms with Crippen LogP contribution in [0.15, 0.2) is 42.5 Å². The first-order valence-electron chi connectivity index (χ1n) is 6.24. The molecule has 0 unspecified atom stereocenters. The summed E-state index contributed by atoms with van der Waals surface area (Å²) in [5, 5.41) is 5.63. The van der Waals surface area contributed by atoms with E-state index in [2.05, 4.69) is 10.6 Å². The lowest BCUT2D eigenvalue weighted by atomic mass is 10.2. The number of benzene rings is 2. The molecule has 0 aliphatic carbocycles. The third-order valence-electron chi connectivity index (χ3n) is 2.63. The highest BCUT2D eigenvalue weighted by Crippen LogP contribution is 2.25. The van der Waals surface area contributed by atoms with Crippen LogP contribution in [0.5, 0.6) is 0 Å². The maximum absolute atomic E-state index is 13.0. The lowest BCUT2D eigenvalue weighted by Gasteiger charge is -2.08. The summed E-state index contributed by atoms with van der Waals surface area (Å²) >= 11 is 11.7. The largest absolute Gasteiger partial charge is 0.326 e. The van der Waals surface area contributed by atoms with Gasteiger partial charge in [-0.3, -0.25) is 9.59 Å². The number of rotatable bonds is 4. The van der Waals surface area contributed by atoms with E-state index in [1.54, 1.807) is 6.07 Å². The molecule has 4 nitrogen and oxygen atoms in total. The molecule has 0 aliphatic rings. The molecule has 114 valence electrons. The first-order chi connectivity index (χ1) is 10.4. The van der Waals surface area contributed by atoms with Crippen LogP contribution in [0, 0.1) is 5.82 Å². The van der Waals surface area contributed by atoms with Crippen molar-refractivity contribution in [3.05, 3.63) is 58.3 Å². The minimum Gasteiger partial charge on any atom is -0.326 e. The highest BCUT2D eigenvalue weighted by molar-refractivity contribution is 6.35. The van der Waals surface area contributed by atoms with Crippen LogP contribution < -0.4 is 10.6 Å². The van der Waals surface area contributed by atoms with Gasteiger partial charge in [0.15, 0.2) is 0 Å². The summed E-state index contributed by atoms with van der Waals surface area (Å²) < 4.78 is 13.0. The minimum absolute atomic E-state index is 0.276. The van der Waals surface area contributed by atoms with Gasteiger partial charge in [0.25, 0.3) is 0 Å². The quantitative estimate of drug-likeness (QED) is 0.823. The van der Waals surface area contributed by atoms with Crippen LogP contribution in [0.25, 0.3) is 0 Å². The van der Waals surface area contributed by atoms with Crippen molar-refractivity contribution in [3.8, 4) is 0 Å². The number of nitrogens with one attached hydrogen (secondary N) is 2. The number of anilines is 2. The minimum atomic E-state index is -0.568. The van der Waals surface area contributed by atoms with Crippen molar-refractivity contribution in [2.45, 2.75) is 6.42 Å². The summed E-state index contributed by atoms with van der Waals surface area (Å²) in [4.78, 5) is 23.5. The molecule has 0 saturated heterocycles. The lowest BCUT2D eigenvalue weighted by molar-refractivity contribution is -0.123. The van der Waals surface area contributed by atoms with E-state index in [1.165, 1.54) is 30.3 Å². The van der Waals surface area contributed by atoms with Crippen molar-refractivity contribution in [1.82, 2.24) is 0 Å². The predicted octanol–water partition coefficient (Wildman–Crippen LogP) is 4.10. The van der Waals surface area contributed by atoms with E-state index in [1.807, 2.05) is 0 Å². The zero-order valence-corrected chi connectivity index (χ0v) is 12.7. The second-order valence-corrected chi connectivity index (χ2v) is 5.25. The molecule has 0 fully saturated rings. The van der Waals surface area contributed by atoms with E-state index in [0.717, 1.165) is 6.07 Å². The SMILES string of the molecule is O=C(CC(=O)Nc1cc(Cl)ccc1Cl)Nc1cccc(F)c1. The molecule has 2 aromatic rings. The molecule has 2 amide bonds. The molecule has 0 bridgehead atoms. The number of halogens is 3. The van der Waals surface area contributed by atoms with Gasteiger partial charge in [0.2, 0.25) is 11.8 Å². The molecule has 2 aromatic carbocycles. The number of hydrogen-bond acceptors (Lipinski definition) is 2. The fourth-order valence-corrected chi connectivity index (χ4v) is 2.04. The van der Waals surface area contributed by atoms with E-state index in [9.17, 15) is 14.0 Å². The first-order valence-corrected chi connectivity index (χ1v) is 7.00. The van der Waals surface area contributed by atoms with Gasteiger partial charge in [-0.15, -0.1) is 0 Å². The molecule has 2 N–H and O–H groups in total. The number of hydrogen-bond donors (Lipinski definition) is 2. The summed E-state index contributed by atoms with van der Waals surface area (Å²) in [6, 6.07) is 9.98. The number of amides is 2. The van der Waals surface area contributed by atoms with Gasteiger partial charge in [-0.2, -0.15) is 0 Å². The van der Waals surface area contributed by atoms with Gasteiger partial charge in [0.1, 0.15) is 12.2 Å². The van der Waals surface area contributed by atoms with E-state index in [-0.39, 0.29) is 5.69 Å². The summed E-state index contributed by atoms with van der Waals surface area (Å²) in [5.41, 5.74) is 0.594. The first kappa shape index (κ1) is 16.3. The van der Waals surface area contributed by atoms with Crippen molar-refractivity contribution in [2.75, 3.05) is 10.6 Å². The Labute approximate surface area is 136 Å². The molecule has 0 atom stereocenters. The average molecular weight is 341 g/mol. The summed E-state index contributed by atoms with van der Waals surface area (Å²) in [7, 11) is 0. The fraction of sp³-hybridized carbons (Fsp3) is 0.0667. The van der Waals surface area contributed by atoms with Gasteiger partial charge in [-0.05, 0) is 36.4 Å². The lowest BCUT2D eigenvalue weighted by Crippen LogP contribution is -2.21. The van der Waals surface area contributed by atoms with E-state index >= 15 is 0 Å². The summed E-state index contributed by atoms with van der Waals surface area (Å²) in [6.07, 6.45) is -0.431. The molecule has 7 heteroatoms. The van der Waals surface area contributed by atoms with Crippen LogP contribution >= 0.6 is 23.2 Å². The Hall–Kier alpha value is -2.11. The van der Waals surface area contributed by atoms with Gasteiger partial charge in [0, 0.05) is 10.7 Å². The molecule has 0 aliphatic heterocycles. The Morgan fingerprint density at radius 2 is 1.73 bits per heavy atom. The number of carbonyl (C=O) groups is 2. The van der Waals surface area contributed by atoms with Crippen molar-refractivity contribution in [2.24, 2.45) is 0 Å². The third-order valence-corrected chi connectivity index (χ3v) is 3.20. The van der Waals surface area contributed by atoms with Crippen molar-refractivity contribution in [1.29, 1.82) is 0 Å². The van der Waals surface area contributed by atoms with Gasteiger partial charge in [-0.1, -0.05) is 29.3 Å². The Bertz CT molecular complexity index is 722. The molecule has 0 aromatic heterocycles. The van der Waals surface area contributed by atoms with Crippen LogP contribution in [0.1, 0.15) is 6.42 Å². The Morgan fingerprint density at radius 3 is 2.45 bits per heavy atom. The van der Waals surface area contributed by atoms with Crippen molar-refractivity contribution in [3.63, 3.8) is 0 Å². The maximum Gasteiger partial charge on any atom is 0.233 e. The van der Waals surface area contributed by atoms with Crippen LogP contribution in [-0.4, -0.2) is 11.8 Å². The standard InChI is InChI=1S/C15H11Cl2FN2O2/c16-9-4-5-12(17)13(6-9)20-15(22)8-14(21)19-11-3-1-2-10(18)7-11/h1-7H,8H2,(H,19,21)(H,20,22). The Morgan fingerprint density at radius 1 is 1.00 bits per heavy atom. The predicted molar refractivity (Wildman–Crippen MR) is 84.7 cm³/mol. The molecule has 22 heavy (non-hydrogen) atoms. The third kappa shape index (κ3) is 4.72. The van der Waals surface area contributed by atoms with Gasteiger partial charge in [-0.25, -0.2) is 4.39 Å². The second-order valence-electron chi connectivity index (χ2n) is 4.41. The normalized spacial score (nSPS) is 10.1. The van der Waals surface area contributed by atoms with Gasteiger partial charge < -0.3 is 10.6 Å². The molecule has 0 heterocycles. The monoisotopic (exact) mass is 340 g/mol. The molecular weight excluding hydrogens is 330 g/mol. The van der Waals surface area contributed by atoms with E-state index < -0.39 is 24.1 Å². The van der Waals surface area contributed by atoms with Crippen LogP contribution in [0.3, 0.4) is 0 Å². The molecule has 0 saturated carbocycles. The highest BCUT2D eigenvalue weighted by atomic mass is 35.5. The highest BCUT2D eigenvalue weighted by Gasteiger charge is 2.12. The smallest absolute Gasteiger partial charge is 0.233 e. The van der Waals surface area contributed by atoms with Gasteiger partial charge in [0.05, 0.1) is 10.7 Å². The zero-order chi connectivity index (χ0) is 16.1.